The van der Waals surface area contributed by atoms with E-state index in [9.17, 15) is 0 Å². The number of piperazine rings is 1. The Bertz CT molecular complexity index is 669. The van der Waals surface area contributed by atoms with Crippen LogP contribution in [-0.2, 0) is 13.6 Å². The molecule has 23 heavy (non-hydrogen) atoms. The van der Waals surface area contributed by atoms with Crippen molar-refractivity contribution in [1.29, 1.82) is 0 Å². The summed E-state index contributed by atoms with van der Waals surface area (Å²) in [4.78, 5) is 9.00. The Labute approximate surface area is 142 Å². The molecule has 0 bridgehead atoms. The lowest BCUT2D eigenvalue weighted by molar-refractivity contribution is 0.380. The summed E-state index contributed by atoms with van der Waals surface area (Å²) in [7, 11) is 2.01. The highest BCUT2D eigenvalue weighted by atomic mass is 35.5. The van der Waals surface area contributed by atoms with E-state index in [0.29, 0.717) is 12.5 Å². The minimum atomic E-state index is 0.629. The van der Waals surface area contributed by atoms with Gasteiger partial charge in [-0.1, -0.05) is 11.6 Å². The predicted molar refractivity (Wildman–Crippen MR) is 96.0 cm³/mol. The molecular weight excluding hydrogens is 310 g/mol. The van der Waals surface area contributed by atoms with Gasteiger partial charge in [0.25, 0.3) is 0 Å². The second kappa shape index (κ2) is 6.96. The van der Waals surface area contributed by atoms with Gasteiger partial charge in [0.1, 0.15) is 0 Å². The Hall–Kier alpha value is -2.14. The monoisotopic (exact) mass is 331 g/mol. The lowest BCUT2D eigenvalue weighted by Gasteiger charge is -2.36. The molecule has 0 atom stereocenters. The van der Waals surface area contributed by atoms with Gasteiger partial charge in [-0.05, 0) is 35.9 Å². The first-order valence-corrected chi connectivity index (χ1v) is 8.16. The van der Waals surface area contributed by atoms with Crippen LogP contribution in [0.4, 0.5) is 5.69 Å². The van der Waals surface area contributed by atoms with E-state index in [1.165, 1.54) is 11.3 Å². The van der Waals surface area contributed by atoms with Crippen molar-refractivity contribution >= 4 is 23.2 Å². The smallest absolute Gasteiger partial charge is 0.191 e. The van der Waals surface area contributed by atoms with Crippen molar-refractivity contribution < 1.29 is 0 Å². The summed E-state index contributed by atoms with van der Waals surface area (Å²) in [5, 5.41) is 0.768. The Morgan fingerprint density at radius 3 is 2.43 bits per heavy atom. The number of benzene rings is 1. The number of aliphatic imine (C=N–C) groups is 1. The molecule has 0 radical (unpaired) electrons. The fourth-order valence-corrected chi connectivity index (χ4v) is 2.90. The highest BCUT2D eigenvalue weighted by Gasteiger charge is 2.18. The molecule has 122 valence electrons. The second-order valence-corrected chi connectivity index (χ2v) is 6.25. The Morgan fingerprint density at radius 1 is 1.13 bits per heavy atom. The lowest BCUT2D eigenvalue weighted by atomic mass is 10.2. The molecule has 0 unspecified atom stereocenters. The van der Waals surface area contributed by atoms with Crippen molar-refractivity contribution in [3.05, 3.63) is 53.3 Å². The first-order chi connectivity index (χ1) is 11.1. The third-order valence-corrected chi connectivity index (χ3v) is 4.36. The summed E-state index contributed by atoms with van der Waals surface area (Å²) in [6.07, 6.45) is 4.08. The molecule has 1 aliphatic heterocycles. The van der Waals surface area contributed by atoms with Gasteiger partial charge in [0.15, 0.2) is 5.96 Å². The second-order valence-electron chi connectivity index (χ2n) is 5.81. The maximum Gasteiger partial charge on any atom is 0.191 e. The zero-order valence-corrected chi connectivity index (χ0v) is 14.1. The Kier molecular flexibility index (Phi) is 4.76. The van der Waals surface area contributed by atoms with E-state index in [2.05, 4.69) is 39.2 Å². The number of rotatable bonds is 3. The summed E-state index contributed by atoms with van der Waals surface area (Å²) in [5.41, 5.74) is 8.52. The van der Waals surface area contributed by atoms with Crippen LogP contribution in [0.15, 0.2) is 47.7 Å². The number of halogens is 1. The number of nitrogens with zero attached hydrogens (tertiary/aromatic N) is 4. The number of guanidine groups is 1. The third-order valence-electron chi connectivity index (χ3n) is 4.11. The van der Waals surface area contributed by atoms with E-state index < -0.39 is 0 Å². The maximum absolute atomic E-state index is 6.14. The SMILES string of the molecule is Cn1ccc(CN=C(N)N2CCN(c3ccc(Cl)cc3)CC2)c1. The largest absolute Gasteiger partial charge is 0.370 e. The van der Waals surface area contributed by atoms with Crippen molar-refractivity contribution in [3.8, 4) is 0 Å². The molecule has 5 nitrogen and oxygen atoms in total. The van der Waals surface area contributed by atoms with E-state index in [-0.39, 0.29) is 0 Å². The van der Waals surface area contributed by atoms with Gasteiger partial charge in [0.05, 0.1) is 6.54 Å². The quantitative estimate of drug-likeness (QED) is 0.693. The Balaban J connectivity index is 1.54. The normalized spacial score (nSPS) is 16.0. The summed E-state index contributed by atoms with van der Waals surface area (Å²) in [6.45, 7) is 4.26. The van der Waals surface area contributed by atoms with Gasteiger partial charge < -0.3 is 20.1 Å². The van der Waals surface area contributed by atoms with Gasteiger partial charge in [-0.25, -0.2) is 4.99 Å². The standard InChI is InChI=1S/C17H22ClN5/c1-21-7-6-14(13-21)12-20-17(19)23-10-8-22(9-11-23)16-4-2-15(18)3-5-16/h2-7,13H,8-12H2,1H3,(H2,19,20). The minimum absolute atomic E-state index is 0.629. The molecule has 6 heteroatoms. The number of anilines is 1. The minimum Gasteiger partial charge on any atom is -0.370 e. The number of hydrogen-bond acceptors (Lipinski definition) is 2. The van der Waals surface area contributed by atoms with E-state index >= 15 is 0 Å². The van der Waals surface area contributed by atoms with Crippen molar-refractivity contribution in [2.75, 3.05) is 31.1 Å². The van der Waals surface area contributed by atoms with Gasteiger partial charge in [-0.15, -0.1) is 0 Å². The molecule has 2 aromatic rings. The molecule has 1 aromatic heterocycles. The summed E-state index contributed by atoms with van der Waals surface area (Å²) < 4.78 is 2.02. The van der Waals surface area contributed by atoms with Crippen LogP contribution in [0.1, 0.15) is 5.56 Å². The van der Waals surface area contributed by atoms with E-state index in [1.54, 1.807) is 0 Å². The molecule has 0 amide bonds. The lowest BCUT2D eigenvalue weighted by Crippen LogP contribution is -2.51. The average Bonchev–Trinajstić information content (AvgIpc) is 2.99. The molecule has 0 saturated carbocycles. The highest BCUT2D eigenvalue weighted by Crippen LogP contribution is 2.19. The fourth-order valence-electron chi connectivity index (χ4n) is 2.77. The van der Waals surface area contributed by atoms with Crippen LogP contribution in [0.5, 0.6) is 0 Å². The van der Waals surface area contributed by atoms with E-state index in [1.807, 2.05) is 29.9 Å². The van der Waals surface area contributed by atoms with E-state index in [4.69, 9.17) is 17.3 Å². The molecule has 3 rings (SSSR count). The average molecular weight is 332 g/mol. The van der Waals surface area contributed by atoms with Crippen LogP contribution in [0.3, 0.4) is 0 Å². The first-order valence-electron chi connectivity index (χ1n) is 7.78. The van der Waals surface area contributed by atoms with Gasteiger partial charge in [-0.3, -0.25) is 0 Å². The molecular formula is C17H22ClN5. The number of nitrogens with two attached hydrogens (primary N) is 1. The fraction of sp³-hybridized carbons (Fsp3) is 0.353. The van der Waals surface area contributed by atoms with E-state index in [0.717, 1.165) is 31.2 Å². The van der Waals surface area contributed by atoms with Crippen LogP contribution < -0.4 is 10.6 Å². The van der Waals surface area contributed by atoms with Gasteiger partial charge >= 0.3 is 0 Å². The molecule has 1 saturated heterocycles. The van der Waals surface area contributed by atoms with Gasteiger partial charge in [0.2, 0.25) is 0 Å². The first kappa shape index (κ1) is 15.7. The molecule has 2 N–H and O–H groups in total. The van der Waals surface area contributed by atoms with Crippen LogP contribution in [0.25, 0.3) is 0 Å². The van der Waals surface area contributed by atoms with Crippen molar-refractivity contribution in [1.82, 2.24) is 9.47 Å². The zero-order chi connectivity index (χ0) is 16.2. The summed E-state index contributed by atoms with van der Waals surface area (Å²) >= 11 is 5.94. The molecule has 0 aliphatic carbocycles. The summed E-state index contributed by atoms with van der Waals surface area (Å²) in [6, 6.07) is 10.0. The number of hydrogen-bond donors (Lipinski definition) is 1. The van der Waals surface area contributed by atoms with Crippen molar-refractivity contribution in [3.63, 3.8) is 0 Å². The van der Waals surface area contributed by atoms with Crippen molar-refractivity contribution in [2.24, 2.45) is 17.8 Å². The van der Waals surface area contributed by atoms with Crippen molar-refractivity contribution in [2.45, 2.75) is 6.54 Å². The number of aryl methyl sites for hydroxylation is 1. The highest BCUT2D eigenvalue weighted by molar-refractivity contribution is 6.30. The molecule has 1 fully saturated rings. The van der Waals surface area contributed by atoms with Crippen LogP contribution >= 0.6 is 11.6 Å². The van der Waals surface area contributed by atoms with Gasteiger partial charge in [-0.2, -0.15) is 0 Å². The number of aromatic nitrogens is 1. The van der Waals surface area contributed by atoms with Crippen LogP contribution in [0.2, 0.25) is 5.02 Å². The molecule has 1 aromatic carbocycles. The third kappa shape index (κ3) is 3.99. The van der Waals surface area contributed by atoms with Crippen LogP contribution in [0, 0.1) is 0 Å². The predicted octanol–water partition coefficient (Wildman–Crippen LogP) is 2.32. The summed E-state index contributed by atoms with van der Waals surface area (Å²) in [5.74, 6) is 0.629. The molecule has 2 heterocycles. The zero-order valence-electron chi connectivity index (χ0n) is 13.3. The maximum atomic E-state index is 6.14. The molecule has 1 aliphatic rings. The Morgan fingerprint density at radius 2 is 1.83 bits per heavy atom. The van der Waals surface area contributed by atoms with Gasteiger partial charge in [0, 0.05) is 56.3 Å². The topological polar surface area (TPSA) is 49.8 Å². The van der Waals surface area contributed by atoms with Crippen LogP contribution in [-0.4, -0.2) is 41.6 Å². The molecule has 0 spiro atoms.